The van der Waals surface area contributed by atoms with E-state index in [2.05, 4.69) is 24.4 Å². The Hall–Kier alpha value is -0.710. The number of aliphatic hydroxyl groups excluding tert-OH is 1. The maximum atomic E-state index is 9.23. The number of fused-ring (bicyclic) bond motifs is 1. The Kier molecular flexibility index (Phi) is 5.13. The van der Waals surface area contributed by atoms with Crippen molar-refractivity contribution in [3.8, 4) is 5.75 Å². The zero-order valence-corrected chi connectivity index (χ0v) is 12.7. The van der Waals surface area contributed by atoms with E-state index in [1.54, 1.807) is 7.11 Å². The van der Waals surface area contributed by atoms with Crippen LogP contribution in [0.4, 0.5) is 0 Å². The van der Waals surface area contributed by atoms with E-state index in [0.717, 1.165) is 18.6 Å². The molecule has 3 nitrogen and oxygen atoms in total. The smallest absolute Gasteiger partial charge is 0.119 e. The average Bonchev–Trinajstić information content (AvgIpc) is 2.46. The van der Waals surface area contributed by atoms with Crippen LogP contribution in [0.15, 0.2) is 18.2 Å². The second-order valence-corrected chi connectivity index (χ2v) is 6.72. The molecule has 19 heavy (non-hydrogen) atoms. The topological polar surface area (TPSA) is 41.5 Å². The summed E-state index contributed by atoms with van der Waals surface area (Å²) in [6.07, 6.45) is 2.22. The number of benzene rings is 1. The monoisotopic (exact) mass is 281 g/mol. The quantitative estimate of drug-likeness (QED) is 0.869. The molecule has 0 saturated carbocycles. The molecule has 0 saturated heterocycles. The van der Waals surface area contributed by atoms with Crippen molar-refractivity contribution in [2.45, 2.75) is 36.3 Å². The molecule has 3 unspecified atom stereocenters. The van der Waals surface area contributed by atoms with Crippen molar-refractivity contribution >= 4 is 11.8 Å². The highest BCUT2D eigenvalue weighted by Crippen LogP contribution is 2.39. The minimum absolute atomic E-state index is 0.243. The molecule has 0 amide bonds. The van der Waals surface area contributed by atoms with E-state index in [1.807, 2.05) is 24.9 Å². The second kappa shape index (κ2) is 6.64. The first kappa shape index (κ1) is 14.7. The van der Waals surface area contributed by atoms with Crippen LogP contribution in [0.1, 0.15) is 30.5 Å². The van der Waals surface area contributed by atoms with Crippen molar-refractivity contribution in [1.29, 1.82) is 0 Å². The van der Waals surface area contributed by atoms with Gasteiger partial charge in [-0.05, 0) is 43.1 Å². The molecule has 0 bridgehead atoms. The SMILES string of the molecule is CNC1c2ccc(OC)cc2CCC1SC(C)CO. The molecule has 4 heteroatoms. The van der Waals surface area contributed by atoms with Gasteiger partial charge in [0.1, 0.15) is 5.75 Å². The Bertz CT molecular complexity index is 425. The minimum atomic E-state index is 0.243. The van der Waals surface area contributed by atoms with Gasteiger partial charge in [-0.1, -0.05) is 13.0 Å². The molecule has 0 spiro atoms. The van der Waals surface area contributed by atoms with Crippen LogP contribution in [0, 0.1) is 0 Å². The summed E-state index contributed by atoms with van der Waals surface area (Å²) in [4.78, 5) is 0. The maximum absolute atomic E-state index is 9.23. The molecule has 1 aliphatic carbocycles. The molecule has 1 aromatic rings. The summed E-state index contributed by atoms with van der Waals surface area (Å²) >= 11 is 1.88. The van der Waals surface area contributed by atoms with Gasteiger partial charge in [-0.2, -0.15) is 11.8 Å². The maximum Gasteiger partial charge on any atom is 0.119 e. The molecule has 3 atom stereocenters. The number of thioether (sulfide) groups is 1. The van der Waals surface area contributed by atoms with Crippen LogP contribution in [0.5, 0.6) is 5.75 Å². The van der Waals surface area contributed by atoms with E-state index >= 15 is 0 Å². The number of aryl methyl sites for hydroxylation is 1. The number of hydrogen-bond donors (Lipinski definition) is 2. The van der Waals surface area contributed by atoms with Crippen molar-refractivity contribution in [2.24, 2.45) is 0 Å². The van der Waals surface area contributed by atoms with Gasteiger partial charge in [0.15, 0.2) is 0 Å². The Morgan fingerprint density at radius 1 is 1.53 bits per heavy atom. The summed E-state index contributed by atoms with van der Waals surface area (Å²) in [6, 6.07) is 6.71. The zero-order valence-electron chi connectivity index (χ0n) is 11.8. The summed E-state index contributed by atoms with van der Waals surface area (Å²) in [5, 5.41) is 13.5. The predicted octanol–water partition coefficient (Wildman–Crippen LogP) is 2.38. The van der Waals surface area contributed by atoms with Crippen LogP contribution in [-0.4, -0.2) is 36.4 Å². The van der Waals surface area contributed by atoms with Gasteiger partial charge >= 0.3 is 0 Å². The third-order valence-electron chi connectivity index (χ3n) is 3.73. The number of rotatable bonds is 5. The molecule has 0 heterocycles. The summed E-state index contributed by atoms with van der Waals surface area (Å²) in [7, 11) is 3.73. The standard InChI is InChI=1S/C15H23NO2S/c1-10(9-17)19-14-7-4-11-8-12(18-3)5-6-13(11)15(14)16-2/h5-6,8,10,14-17H,4,7,9H2,1-3H3. The summed E-state index contributed by atoms with van der Waals surface area (Å²) in [6.45, 7) is 2.33. The first-order valence-corrected chi connectivity index (χ1v) is 7.74. The summed E-state index contributed by atoms with van der Waals surface area (Å²) in [5.41, 5.74) is 2.75. The van der Waals surface area contributed by atoms with Crippen molar-refractivity contribution in [3.63, 3.8) is 0 Å². The van der Waals surface area contributed by atoms with Crippen LogP contribution in [0.3, 0.4) is 0 Å². The zero-order chi connectivity index (χ0) is 13.8. The van der Waals surface area contributed by atoms with Gasteiger partial charge < -0.3 is 15.2 Å². The predicted molar refractivity (Wildman–Crippen MR) is 81.0 cm³/mol. The number of methoxy groups -OCH3 is 1. The molecule has 1 aromatic carbocycles. The average molecular weight is 281 g/mol. The lowest BCUT2D eigenvalue weighted by Crippen LogP contribution is -2.33. The van der Waals surface area contributed by atoms with E-state index < -0.39 is 0 Å². The number of ether oxygens (including phenoxy) is 1. The van der Waals surface area contributed by atoms with Crippen LogP contribution >= 0.6 is 11.8 Å². The number of nitrogens with one attached hydrogen (secondary N) is 1. The van der Waals surface area contributed by atoms with E-state index in [4.69, 9.17) is 4.74 Å². The van der Waals surface area contributed by atoms with Crippen molar-refractivity contribution in [3.05, 3.63) is 29.3 Å². The van der Waals surface area contributed by atoms with Gasteiger partial charge in [0.25, 0.3) is 0 Å². The summed E-state index contributed by atoms with van der Waals surface area (Å²) < 4.78 is 5.30. The van der Waals surface area contributed by atoms with Crippen molar-refractivity contribution < 1.29 is 9.84 Å². The molecule has 1 aliphatic rings. The Morgan fingerprint density at radius 3 is 2.95 bits per heavy atom. The minimum Gasteiger partial charge on any atom is -0.497 e. The molecular weight excluding hydrogens is 258 g/mol. The van der Waals surface area contributed by atoms with E-state index in [-0.39, 0.29) is 6.61 Å². The second-order valence-electron chi connectivity index (χ2n) is 5.04. The molecule has 2 rings (SSSR count). The van der Waals surface area contributed by atoms with E-state index in [1.165, 1.54) is 11.1 Å². The van der Waals surface area contributed by atoms with E-state index in [0.29, 0.717) is 16.5 Å². The molecule has 0 aromatic heterocycles. The molecule has 0 fully saturated rings. The first-order valence-electron chi connectivity index (χ1n) is 6.80. The lowest BCUT2D eigenvalue weighted by atomic mass is 9.87. The fourth-order valence-electron chi connectivity index (χ4n) is 2.72. The van der Waals surface area contributed by atoms with Crippen LogP contribution in [0.2, 0.25) is 0 Å². The Morgan fingerprint density at radius 2 is 2.32 bits per heavy atom. The highest BCUT2D eigenvalue weighted by molar-refractivity contribution is 8.00. The van der Waals surface area contributed by atoms with Crippen molar-refractivity contribution in [1.82, 2.24) is 5.32 Å². The fraction of sp³-hybridized carbons (Fsp3) is 0.600. The lowest BCUT2D eigenvalue weighted by molar-refractivity contribution is 0.299. The van der Waals surface area contributed by atoms with Crippen LogP contribution in [0.25, 0.3) is 0 Å². The van der Waals surface area contributed by atoms with Gasteiger partial charge in [0, 0.05) is 16.5 Å². The Labute approximate surface area is 119 Å². The van der Waals surface area contributed by atoms with Gasteiger partial charge in [-0.3, -0.25) is 0 Å². The molecule has 2 N–H and O–H groups in total. The van der Waals surface area contributed by atoms with Gasteiger partial charge in [-0.15, -0.1) is 0 Å². The first-order chi connectivity index (χ1) is 9.19. The molecule has 0 radical (unpaired) electrons. The van der Waals surface area contributed by atoms with Gasteiger partial charge in [0.2, 0.25) is 0 Å². The summed E-state index contributed by atoms with van der Waals surface area (Å²) in [5.74, 6) is 0.934. The van der Waals surface area contributed by atoms with Crippen LogP contribution < -0.4 is 10.1 Å². The highest BCUT2D eigenvalue weighted by Gasteiger charge is 2.30. The number of hydrogen-bond acceptors (Lipinski definition) is 4. The van der Waals surface area contributed by atoms with Crippen LogP contribution in [-0.2, 0) is 6.42 Å². The molecule has 0 aliphatic heterocycles. The van der Waals surface area contributed by atoms with Crippen molar-refractivity contribution in [2.75, 3.05) is 20.8 Å². The fourth-order valence-corrected chi connectivity index (χ4v) is 4.10. The highest BCUT2D eigenvalue weighted by atomic mass is 32.2. The third-order valence-corrected chi connectivity index (χ3v) is 5.20. The normalized spacial score (nSPS) is 23.8. The molecular formula is C15H23NO2S. The largest absolute Gasteiger partial charge is 0.497 e. The lowest BCUT2D eigenvalue weighted by Gasteiger charge is -2.34. The Balaban J connectivity index is 2.21. The van der Waals surface area contributed by atoms with E-state index in [9.17, 15) is 5.11 Å². The third kappa shape index (κ3) is 3.25. The van der Waals surface area contributed by atoms with Gasteiger partial charge in [0.05, 0.1) is 13.7 Å². The molecule has 106 valence electrons. The van der Waals surface area contributed by atoms with Gasteiger partial charge in [-0.25, -0.2) is 0 Å². The number of aliphatic hydroxyl groups is 1.